The second-order valence-electron chi connectivity index (χ2n) is 5.76. The van der Waals surface area contributed by atoms with Gasteiger partial charge in [-0.3, -0.25) is 4.79 Å². The number of aryl methyl sites for hydroxylation is 2. The molecule has 0 radical (unpaired) electrons. The van der Waals surface area contributed by atoms with Gasteiger partial charge in [-0.25, -0.2) is 4.98 Å². The molecule has 0 unspecified atom stereocenters. The summed E-state index contributed by atoms with van der Waals surface area (Å²) < 4.78 is 1.77. The van der Waals surface area contributed by atoms with Crippen molar-refractivity contribution in [2.75, 3.05) is 0 Å². The van der Waals surface area contributed by atoms with E-state index in [0.29, 0.717) is 6.54 Å². The van der Waals surface area contributed by atoms with Crippen LogP contribution in [0.1, 0.15) is 42.5 Å². The van der Waals surface area contributed by atoms with Gasteiger partial charge < -0.3 is 9.88 Å². The van der Waals surface area contributed by atoms with Crippen molar-refractivity contribution in [1.82, 2.24) is 14.9 Å². The van der Waals surface area contributed by atoms with Crippen LogP contribution in [0.4, 0.5) is 0 Å². The average molecular weight is 283 g/mol. The minimum absolute atomic E-state index is 0.0122. The molecule has 1 aromatic heterocycles. The number of aromatic nitrogens is 2. The monoisotopic (exact) mass is 283 g/mol. The highest BCUT2D eigenvalue weighted by molar-refractivity contribution is 5.76. The van der Waals surface area contributed by atoms with Gasteiger partial charge in [-0.1, -0.05) is 18.2 Å². The lowest BCUT2D eigenvalue weighted by Crippen LogP contribution is -2.29. The first-order chi connectivity index (χ1) is 10.2. The lowest BCUT2D eigenvalue weighted by Gasteiger charge is -2.20. The summed E-state index contributed by atoms with van der Waals surface area (Å²) in [7, 11) is 0. The van der Waals surface area contributed by atoms with Gasteiger partial charge in [-0.05, 0) is 49.3 Å². The molecule has 0 bridgehead atoms. The Morgan fingerprint density at radius 3 is 2.90 bits per heavy atom. The van der Waals surface area contributed by atoms with Gasteiger partial charge in [0.2, 0.25) is 5.91 Å². The van der Waals surface area contributed by atoms with Crippen molar-refractivity contribution in [1.29, 1.82) is 0 Å². The number of hydrogen-bond acceptors (Lipinski definition) is 2. The van der Waals surface area contributed by atoms with E-state index in [2.05, 4.69) is 28.5 Å². The Hall–Kier alpha value is -2.10. The number of benzene rings is 1. The van der Waals surface area contributed by atoms with Gasteiger partial charge in [0.1, 0.15) is 6.54 Å². The average Bonchev–Trinajstić information content (AvgIpc) is 2.99. The number of amides is 1. The molecular formula is C17H21N3O. The first-order valence-electron chi connectivity index (χ1n) is 7.59. The van der Waals surface area contributed by atoms with Crippen molar-refractivity contribution in [2.45, 2.75) is 45.2 Å². The number of rotatable bonds is 4. The highest BCUT2D eigenvalue weighted by Gasteiger charge is 2.14. The van der Waals surface area contributed by atoms with Crippen molar-refractivity contribution in [3.63, 3.8) is 0 Å². The molecule has 1 amide bonds. The SMILES string of the molecule is C[C@@H](NC(=O)Cn1ccnc1)c1ccc2c(c1)CCCC2. The molecule has 4 nitrogen and oxygen atoms in total. The predicted octanol–water partition coefficient (Wildman–Crippen LogP) is 2.64. The van der Waals surface area contributed by atoms with Crippen LogP contribution < -0.4 is 5.32 Å². The Kier molecular flexibility index (Phi) is 4.04. The zero-order valence-electron chi connectivity index (χ0n) is 12.4. The maximum absolute atomic E-state index is 12.0. The zero-order valence-corrected chi connectivity index (χ0v) is 12.4. The maximum atomic E-state index is 12.0. The van der Waals surface area contributed by atoms with E-state index in [-0.39, 0.29) is 11.9 Å². The Bertz CT molecular complexity index is 619. The number of nitrogens with one attached hydrogen (secondary N) is 1. The van der Waals surface area contributed by atoms with E-state index >= 15 is 0 Å². The van der Waals surface area contributed by atoms with Crippen LogP contribution in [0.3, 0.4) is 0 Å². The number of carbonyl (C=O) groups excluding carboxylic acids is 1. The molecule has 21 heavy (non-hydrogen) atoms. The van der Waals surface area contributed by atoms with Crippen molar-refractivity contribution in [3.8, 4) is 0 Å². The lowest BCUT2D eigenvalue weighted by atomic mass is 9.89. The van der Waals surface area contributed by atoms with Crippen LogP contribution in [-0.4, -0.2) is 15.5 Å². The zero-order chi connectivity index (χ0) is 14.7. The second-order valence-corrected chi connectivity index (χ2v) is 5.76. The van der Waals surface area contributed by atoms with Crippen LogP contribution in [-0.2, 0) is 24.2 Å². The van der Waals surface area contributed by atoms with Gasteiger partial charge in [0.25, 0.3) is 0 Å². The number of imidazole rings is 1. The minimum atomic E-state index is 0.0122. The van der Waals surface area contributed by atoms with Crippen LogP contribution >= 0.6 is 0 Å². The summed E-state index contributed by atoms with van der Waals surface area (Å²) in [4.78, 5) is 16.0. The molecule has 4 heteroatoms. The van der Waals surface area contributed by atoms with Crippen molar-refractivity contribution < 1.29 is 4.79 Å². The lowest BCUT2D eigenvalue weighted by molar-refractivity contribution is -0.122. The number of carbonyl (C=O) groups is 1. The molecule has 0 fully saturated rings. The standard InChI is InChI=1S/C17H21N3O/c1-13(19-17(21)11-20-9-8-18-12-20)15-7-6-14-4-2-3-5-16(14)10-15/h6-10,12-13H,2-5,11H2,1H3,(H,19,21)/t13-/m1/s1. The first kappa shape index (κ1) is 13.9. The second kappa shape index (κ2) is 6.12. The van der Waals surface area contributed by atoms with Crippen molar-refractivity contribution >= 4 is 5.91 Å². The van der Waals surface area contributed by atoms with Crippen LogP contribution in [0.5, 0.6) is 0 Å². The highest BCUT2D eigenvalue weighted by atomic mass is 16.2. The summed E-state index contributed by atoms with van der Waals surface area (Å²) >= 11 is 0. The van der Waals surface area contributed by atoms with Gasteiger partial charge in [0.05, 0.1) is 12.4 Å². The third-order valence-corrected chi connectivity index (χ3v) is 4.14. The van der Waals surface area contributed by atoms with Gasteiger partial charge in [-0.15, -0.1) is 0 Å². The molecule has 1 heterocycles. The molecule has 110 valence electrons. The Morgan fingerprint density at radius 2 is 2.14 bits per heavy atom. The molecule has 1 aliphatic carbocycles. The molecule has 0 aliphatic heterocycles. The molecule has 1 aliphatic rings. The third-order valence-electron chi connectivity index (χ3n) is 4.14. The summed E-state index contributed by atoms with van der Waals surface area (Å²) in [6.45, 7) is 2.35. The van der Waals surface area contributed by atoms with E-state index in [1.165, 1.54) is 42.4 Å². The molecule has 0 saturated carbocycles. The van der Waals surface area contributed by atoms with E-state index in [1.54, 1.807) is 23.3 Å². The molecule has 3 rings (SSSR count). The first-order valence-corrected chi connectivity index (χ1v) is 7.59. The van der Waals surface area contributed by atoms with E-state index in [4.69, 9.17) is 0 Å². The largest absolute Gasteiger partial charge is 0.348 e. The topological polar surface area (TPSA) is 46.9 Å². The minimum Gasteiger partial charge on any atom is -0.348 e. The summed E-state index contributed by atoms with van der Waals surface area (Å²) in [5.41, 5.74) is 4.12. The van der Waals surface area contributed by atoms with Gasteiger partial charge in [-0.2, -0.15) is 0 Å². The summed E-state index contributed by atoms with van der Waals surface area (Å²) in [5, 5.41) is 3.05. The summed E-state index contributed by atoms with van der Waals surface area (Å²) in [5.74, 6) is 0.0122. The fraction of sp³-hybridized carbons (Fsp3) is 0.412. The van der Waals surface area contributed by atoms with Gasteiger partial charge in [0.15, 0.2) is 0 Å². The Balaban J connectivity index is 1.64. The fourth-order valence-corrected chi connectivity index (χ4v) is 2.94. The fourth-order valence-electron chi connectivity index (χ4n) is 2.94. The van der Waals surface area contributed by atoms with Crippen molar-refractivity contribution in [3.05, 3.63) is 53.6 Å². The predicted molar refractivity (Wildman–Crippen MR) is 81.9 cm³/mol. The van der Waals surface area contributed by atoms with Gasteiger partial charge in [0, 0.05) is 12.4 Å². The van der Waals surface area contributed by atoms with E-state index in [1.807, 2.05) is 6.92 Å². The molecular weight excluding hydrogens is 262 g/mol. The van der Waals surface area contributed by atoms with Crippen LogP contribution in [0, 0.1) is 0 Å². The van der Waals surface area contributed by atoms with E-state index in [9.17, 15) is 4.79 Å². The molecule has 2 aromatic rings. The molecule has 0 spiro atoms. The Morgan fingerprint density at radius 1 is 1.33 bits per heavy atom. The number of fused-ring (bicyclic) bond motifs is 1. The third kappa shape index (κ3) is 3.32. The van der Waals surface area contributed by atoms with Crippen LogP contribution in [0.25, 0.3) is 0 Å². The number of nitrogens with zero attached hydrogens (tertiary/aromatic N) is 2. The van der Waals surface area contributed by atoms with Crippen molar-refractivity contribution in [2.24, 2.45) is 0 Å². The summed E-state index contributed by atoms with van der Waals surface area (Å²) in [6.07, 6.45) is 10.1. The quantitative estimate of drug-likeness (QED) is 0.937. The Labute approximate surface area is 125 Å². The van der Waals surface area contributed by atoms with E-state index < -0.39 is 0 Å². The van der Waals surface area contributed by atoms with Crippen LogP contribution in [0.2, 0.25) is 0 Å². The molecule has 1 N–H and O–H groups in total. The summed E-state index contributed by atoms with van der Waals surface area (Å²) in [6, 6.07) is 6.67. The normalized spacial score (nSPS) is 15.3. The molecule has 1 atom stereocenters. The van der Waals surface area contributed by atoms with Crippen LogP contribution in [0.15, 0.2) is 36.9 Å². The number of hydrogen-bond donors (Lipinski definition) is 1. The maximum Gasteiger partial charge on any atom is 0.240 e. The molecule has 1 aromatic carbocycles. The highest BCUT2D eigenvalue weighted by Crippen LogP contribution is 2.24. The van der Waals surface area contributed by atoms with Gasteiger partial charge >= 0.3 is 0 Å². The van der Waals surface area contributed by atoms with E-state index in [0.717, 1.165) is 0 Å². The molecule has 0 saturated heterocycles. The smallest absolute Gasteiger partial charge is 0.240 e.